The Bertz CT molecular complexity index is 659. The molecule has 6 heteroatoms. The summed E-state index contributed by atoms with van der Waals surface area (Å²) in [4.78, 5) is 8.64. The topological polar surface area (TPSA) is 55.1 Å². The van der Waals surface area contributed by atoms with Crippen molar-refractivity contribution in [1.82, 2.24) is 24.9 Å². The van der Waals surface area contributed by atoms with E-state index in [9.17, 15) is 0 Å². The van der Waals surface area contributed by atoms with Crippen molar-refractivity contribution in [2.45, 2.75) is 19.9 Å². The molecule has 0 unspecified atom stereocenters. The number of nitrogens with one attached hydrogen (secondary N) is 1. The Balaban J connectivity index is 1.56. The van der Waals surface area contributed by atoms with Crippen LogP contribution in [0.3, 0.4) is 0 Å². The van der Waals surface area contributed by atoms with Gasteiger partial charge in [0.15, 0.2) is 5.65 Å². The van der Waals surface area contributed by atoms with Gasteiger partial charge < -0.3 is 5.32 Å². The van der Waals surface area contributed by atoms with Crippen molar-refractivity contribution in [3.8, 4) is 0 Å². The summed E-state index contributed by atoms with van der Waals surface area (Å²) in [5.41, 5.74) is 3.01. The number of nitrogens with zero attached hydrogens (tertiary/aromatic N) is 4. The molecule has 0 spiro atoms. The molecule has 19 heavy (non-hydrogen) atoms. The van der Waals surface area contributed by atoms with Gasteiger partial charge in [-0.05, 0) is 6.92 Å². The van der Waals surface area contributed by atoms with Gasteiger partial charge in [-0.25, -0.2) is 14.5 Å². The van der Waals surface area contributed by atoms with Crippen LogP contribution in [0, 0.1) is 6.92 Å². The van der Waals surface area contributed by atoms with Gasteiger partial charge in [0.05, 0.1) is 10.7 Å². The highest BCUT2D eigenvalue weighted by Crippen LogP contribution is 2.05. The first-order valence-electron chi connectivity index (χ1n) is 6.21. The maximum Gasteiger partial charge on any atom is 0.155 e. The van der Waals surface area contributed by atoms with Crippen molar-refractivity contribution < 1.29 is 0 Å². The van der Waals surface area contributed by atoms with E-state index in [-0.39, 0.29) is 0 Å². The molecule has 0 aliphatic heterocycles. The second-order valence-corrected chi connectivity index (χ2v) is 5.38. The Morgan fingerprint density at radius 1 is 1.37 bits per heavy atom. The van der Waals surface area contributed by atoms with E-state index in [0.717, 1.165) is 36.4 Å². The number of thiazole rings is 1. The fraction of sp³-hybridized carbons (Fsp3) is 0.308. The van der Waals surface area contributed by atoms with Gasteiger partial charge in [0, 0.05) is 55.1 Å². The van der Waals surface area contributed by atoms with Crippen LogP contribution >= 0.6 is 11.3 Å². The van der Waals surface area contributed by atoms with Gasteiger partial charge in [-0.15, -0.1) is 11.3 Å². The second kappa shape index (κ2) is 5.46. The average Bonchev–Trinajstić information content (AvgIpc) is 3.02. The first kappa shape index (κ1) is 12.3. The van der Waals surface area contributed by atoms with Gasteiger partial charge in [0.25, 0.3) is 0 Å². The molecule has 3 heterocycles. The van der Waals surface area contributed by atoms with Crippen LogP contribution in [0.2, 0.25) is 0 Å². The summed E-state index contributed by atoms with van der Waals surface area (Å²) in [5.74, 6) is 0. The molecule has 3 rings (SSSR count). The highest BCUT2D eigenvalue weighted by Gasteiger charge is 2.01. The van der Waals surface area contributed by atoms with Crippen LogP contribution in [0.15, 0.2) is 30.0 Å². The van der Waals surface area contributed by atoms with Crippen molar-refractivity contribution in [3.05, 3.63) is 46.3 Å². The molecule has 0 bridgehead atoms. The zero-order valence-electron chi connectivity index (χ0n) is 10.7. The van der Waals surface area contributed by atoms with E-state index in [1.807, 2.05) is 41.5 Å². The molecule has 0 saturated carbocycles. The minimum absolute atomic E-state index is 0.799. The normalized spacial score (nSPS) is 11.2. The maximum atomic E-state index is 4.38. The summed E-state index contributed by atoms with van der Waals surface area (Å²) in [7, 11) is 0. The molecule has 3 aromatic rings. The molecule has 0 radical (unpaired) electrons. The van der Waals surface area contributed by atoms with E-state index >= 15 is 0 Å². The first-order valence-corrected chi connectivity index (χ1v) is 7.09. The maximum absolute atomic E-state index is 4.38. The largest absolute Gasteiger partial charge is 0.312 e. The molecule has 0 aliphatic carbocycles. The smallest absolute Gasteiger partial charge is 0.155 e. The Kier molecular flexibility index (Phi) is 3.52. The van der Waals surface area contributed by atoms with Crippen LogP contribution in [-0.4, -0.2) is 26.1 Å². The summed E-state index contributed by atoms with van der Waals surface area (Å²) in [6.45, 7) is 3.69. The Labute approximate surface area is 115 Å². The van der Waals surface area contributed by atoms with E-state index in [1.165, 1.54) is 5.01 Å². The van der Waals surface area contributed by atoms with Gasteiger partial charge in [-0.1, -0.05) is 0 Å². The molecule has 1 N–H and O–H groups in total. The lowest BCUT2D eigenvalue weighted by molar-refractivity contribution is 0.678. The lowest BCUT2D eigenvalue weighted by atomic mass is 10.3. The molecule has 0 atom stereocenters. The molecule has 98 valence electrons. The third-order valence-electron chi connectivity index (χ3n) is 2.82. The molecule has 3 aromatic heterocycles. The molecule has 0 fully saturated rings. The van der Waals surface area contributed by atoms with Gasteiger partial charge in [0.2, 0.25) is 0 Å². The summed E-state index contributed by atoms with van der Waals surface area (Å²) < 4.78 is 1.83. The fourth-order valence-corrected chi connectivity index (χ4v) is 2.55. The van der Waals surface area contributed by atoms with E-state index in [0.29, 0.717) is 0 Å². The van der Waals surface area contributed by atoms with Crippen LogP contribution in [-0.2, 0) is 13.0 Å². The third kappa shape index (κ3) is 2.97. The standard InChI is InChI=1S/C13H15N5S/c1-10-6-12-16-8-11(9-18(12)17-10)7-14-3-2-13-15-4-5-19-13/h4-6,8-9,14H,2-3,7H2,1H3. The second-order valence-electron chi connectivity index (χ2n) is 4.40. The Morgan fingerprint density at radius 2 is 2.32 bits per heavy atom. The van der Waals surface area contributed by atoms with Crippen molar-refractivity contribution in [2.24, 2.45) is 0 Å². The molecule has 0 aliphatic rings. The molecule has 5 nitrogen and oxygen atoms in total. The lowest BCUT2D eigenvalue weighted by Gasteiger charge is -2.03. The zero-order chi connectivity index (χ0) is 13.1. The third-order valence-corrected chi connectivity index (χ3v) is 3.66. The van der Waals surface area contributed by atoms with Gasteiger partial charge >= 0.3 is 0 Å². The minimum Gasteiger partial charge on any atom is -0.312 e. The van der Waals surface area contributed by atoms with Crippen molar-refractivity contribution >= 4 is 17.0 Å². The van der Waals surface area contributed by atoms with E-state index in [2.05, 4.69) is 20.4 Å². The summed E-state index contributed by atoms with van der Waals surface area (Å²) in [6, 6.07) is 1.97. The van der Waals surface area contributed by atoms with Crippen LogP contribution in [0.5, 0.6) is 0 Å². The number of hydrogen-bond donors (Lipinski definition) is 1. The Morgan fingerprint density at radius 3 is 3.16 bits per heavy atom. The number of fused-ring (bicyclic) bond motifs is 1. The number of hydrogen-bond acceptors (Lipinski definition) is 5. The van der Waals surface area contributed by atoms with Gasteiger partial charge in [0.1, 0.15) is 0 Å². The van der Waals surface area contributed by atoms with E-state index < -0.39 is 0 Å². The number of rotatable bonds is 5. The van der Waals surface area contributed by atoms with Crippen molar-refractivity contribution in [1.29, 1.82) is 0 Å². The molecular weight excluding hydrogens is 258 g/mol. The average molecular weight is 273 g/mol. The fourth-order valence-electron chi connectivity index (χ4n) is 1.93. The van der Waals surface area contributed by atoms with Crippen LogP contribution < -0.4 is 5.32 Å². The highest BCUT2D eigenvalue weighted by molar-refractivity contribution is 7.09. The highest BCUT2D eigenvalue weighted by atomic mass is 32.1. The molecule has 0 saturated heterocycles. The van der Waals surface area contributed by atoms with Crippen LogP contribution in [0.1, 0.15) is 16.3 Å². The quantitative estimate of drug-likeness (QED) is 0.721. The van der Waals surface area contributed by atoms with E-state index in [4.69, 9.17) is 0 Å². The van der Waals surface area contributed by atoms with Crippen LogP contribution in [0.25, 0.3) is 5.65 Å². The van der Waals surface area contributed by atoms with Crippen molar-refractivity contribution in [3.63, 3.8) is 0 Å². The summed E-state index contributed by atoms with van der Waals surface area (Å²) >= 11 is 1.70. The number of aryl methyl sites for hydroxylation is 1. The number of aromatic nitrogens is 4. The minimum atomic E-state index is 0.799. The molecule has 0 aromatic carbocycles. The summed E-state index contributed by atoms with van der Waals surface area (Å²) in [5, 5.41) is 10.9. The van der Waals surface area contributed by atoms with E-state index in [1.54, 1.807) is 11.3 Å². The van der Waals surface area contributed by atoms with Gasteiger partial charge in [-0.3, -0.25) is 0 Å². The zero-order valence-corrected chi connectivity index (χ0v) is 11.5. The lowest BCUT2D eigenvalue weighted by Crippen LogP contribution is -2.17. The van der Waals surface area contributed by atoms with Gasteiger partial charge in [-0.2, -0.15) is 5.10 Å². The SMILES string of the molecule is Cc1cc2ncc(CNCCc3nccs3)cn2n1. The predicted octanol–water partition coefficient (Wildman–Crippen LogP) is 1.83. The van der Waals surface area contributed by atoms with Crippen molar-refractivity contribution in [2.75, 3.05) is 6.54 Å². The molecular formula is C13H15N5S. The Hall–Kier alpha value is -1.79. The molecule has 0 amide bonds. The predicted molar refractivity (Wildman–Crippen MR) is 75.2 cm³/mol. The monoisotopic (exact) mass is 273 g/mol. The first-order chi connectivity index (χ1) is 9.31. The van der Waals surface area contributed by atoms with Crippen LogP contribution in [0.4, 0.5) is 0 Å². The summed E-state index contributed by atoms with van der Waals surface area (Å²) in [6.07, 6.45) is 6.73.